The SMILES string of the molecule is COc1ccccc1N(CCC#N)C(=O)CSc1nnnn1C. The van der Waals surface area contributed by atoms with Gasteiger partial charge in [-0.15, -0.1) is 5.10 Å². The Hall–Kier alpha value is -2.60. The molecule has 23 heavy (non-hydrogen) atoms. The predicted octanol–water partition coefficient (Wildman–Crippen LogP) is 1.26. The molecular formula is C14H16N6O2S. The lowest BCUT2D eigenvalue weighted by atomic mass is 10.2. The van der Waals surface area contributed by atoms with Crippen LogP contribution in [0.3, 0.4) is 0 Å². The molecule has 0 aliphatic carbocycles. The number of aryl methyl sites for hydroxylation is 1. The summed E-state index contributed by atoms with van der Waals surface area (Å²) in [6.45, 7) is 0.299. The smallest absolute Gasteiger partial charge is 0.237 e. The van der Waals surface area contributed by atoms with Crippen LogP contribution in [0.15, 0.2) is 29.4 Å². The minimum Gasteiger partial charge on any atom is -0.495 e. The van der Waals surface area contributed by atoms with Gasteiger partial charge in [0.2, 0.25) is 11.1 Å². The van der Waals surface area contributed by atoms with Crippen LogP contribution in [0, 0.1) is 11.3 Å². The summed E-state index contributed by atoms with van der Waals surface area (Å²) in [4.78, 5) is 14.1. The van der Waals surface area contributed by atoms with Crippen LogP contribution in [0.25, 0.3) is 0 Å². The highest BCUT2D eigenvalue weighted by Crippen LogP contribution is 2.28. The summed E-state index contributed by atoms with van der Waals surface area (Å²) in [5.74, 6) is 0.611. The number of thioether (sulfide) groups is 1. The van der Waals surface area contributed by atoms with Gasteiger partial charge in [0.25, 0.3) is 0 Å². The van der Waals surface area contributed by atoms with Gasteiger partial charge in [0.1, 0.15) is 5.75 Å². The number of nitriles is 1. The normalized spacial score (nSPS) is 10.1. The first-order chi connectivity index (χ1) is 11.2. The van der Waals surface area contributed by atoms with Crippen molar-refractivity contribution in [1.82, 2.24) is 20.2 Å². The Bertz CT molecular complexity index is 711. The van der Waals surface area contributed by atoms with Crippen molar-refractivity contribution in [3.63, 3.8) is 0 Å². The van der Waals surface area contributed by atoms with Crippen molar-refractivity contribution in [1.29, 1.82) is 5.26 Å². The highest BCUT2D eigenvalue weighted by atomic mass is 32.2. The molecule has 0 bridgehead atoms. The fourth-order valence-electron chi connectivity index (χ4n) is 1.94. The number of carbonyl (C=O) groups is 1. The second-order valence-corrected chi connectivity index (χ2v) is 5.44. The molecule has 1 aromatic carbocycles. The maximum absolute atomic E-state index is 12.6. The van der Waals surface area contributed by atoms with Crippen LogP contribution >= 0.6 is 11.8 Å². The topological polar surface area (TPSA) is 96.9 Å². The molecule has 1 heterocycles. The average Bonchev–Trinajstić information content (AvgIpc) is 2.98. The molecule has 1 aromatic heterocycles. The Labute approximate surface area is 138 Å². The van der Waals surface area contributed by atoms with Gasteiger partial charge in [-0.2, -0.15) is 5.26 Å². The summed E-state index contributed by atoms with van der Waals surface area (Å²) in [7, 11) is 3.26. The zero-order valence-electron chi connectivity index (χ0n) is 12.8. The minimum absolute atomic E-state index is 0.141. The molecule has 2 rings (SSSR count). The van der Waals surface area contributed by atoms with E-state index in [0.29, 0.717) is 23.1 Å². The number of hydrogen-bond donors (Lipinski definition) is 0. The Kier molecular flexibility index (Phi) is 5.94. The van der Waals surface area contributed by atoms with Gasteiger partial charge < -0.3 is 9.64 Å². The number of benzene rings is 1. The molecule has 0 fully saturated rings. The molecule has 8 nitrogen and oxygen atoms in total. The van der Waals surface area contributed by atoms with E-state index in [9.17, 15) is 4.79 Å². The summed E-state index contributed by atoms with van der Waals surface area (Å²) in [6.07, 6.45) is 0.236. The third-order valence-corrected chi connectivity index (χ3v) is 4.03. The van der Waals surface area contributed by atoms with E-state index in [0.717, 1.165) is 0 Å². The van der Waals surface area contributed by atoms with E-state index in [1.165, 1.54) is 16.4 Å². The van der Waals surface area contributed by atoms with Gasteiger partial charge in [0.15, 0.2) is 0 Å². The first-order valence-electron chi connectivity index (χ1n) is 6.83. The minimum atomic E-state index is -0.141. The van der Waals surface area contributed by atoms with Gasteiger partial charge in [-0.3, -0.25) is 4.79 Å². The van der Waals surface area contributed by atoms with Crippen molar-refractivity contribution in [2.24, 2.45) is 7.05 Å². The highest BCUT2D eigenvalue weighted by molar-refractivity contribution is 7.99. The molecule has 1 amide bonds. The van der Waals surface area contributed by atoms with E-state index in [1.807, 2.05) is 12.1 Å². The van der Waals surface area contributed by atoms with Gasteiger partial charge in [0.05, 0.1) is 31.0 Å². The van der Waals surface area contributed by atoms with Crippen molar-refractivity contribution in [2.75, 3.05) is 24.3 Å². The zero-order valence-corrected chi connectivity index (χ0v) is 13.7. The van der Waals surface area contributed by atoms with Gasteiger partial charge in [-0.1, -0.05) is 23.9 Å². The lowest BCUT2D eigenvalue weighted by Gasteiger charge is -2.23. The van der Waals surface area contributed by atoms with E-state index < -0.39 is 0 Å². The zero-order chi connectivity index (χ0) is 16.7. The van der Waals surface area contributed by atoms with Crippen LogP contribution in [-0.2, 0) is 11.8 Å². The molecule has 120 valence electrons. The summed E-state index contributed by atoms with van der Waals surface area (Å²) >= 11 is 1.24. The molecule has 2 aromatic rings. The van der Waals surface area contributed by atoms with E-state index in [1.54, 1.807) is 31.2 Å². The number of rotatable bonds is 7. The van der Waals surface area contributed by atoms with Gasteiger partial charge in [0, 0.05) is 13.6 Å². The van der Waals surface area contributed by atoms with Crippen LogP contribution in [0.2, 0.25) is 0 Å². The quantitative estimate of drug-likeness (QED) is 0.704. The largest absolute Gasteiger partial charge is 0.495 e. The molecule has 0 N–H and O–H groups in total. The fourth-order valence-corrected chi connectivity index (χ4v) is 2.67. The number of nitrogens with zero attached hydrogens (tertiary/aromatic N) is 6. The lowest BCUT2D eigenvalue weighted by Crippen LogP contribution is -2.33. The maximum atomic E-state index is 12.6. The van der Waals surface area contributed by atoms with Crippen molar-refractivity contribution in [2.45, 2.75) is 11.6 Å². The molecule has 0 unspecified atom stereocenters. The Morgan fingerprint density at radius 2 is 2.26 bits per heavy atom. The number of anilines is 1. The average molecular weight is 332 g/mol. The number of carbonyl (C=O) groups excluding carboxylic acids is 1. The summed E-state index contributed by atoms with van der Waals surface area (Å²) in [5, 5.41) is 20.5. The molecular weight excluding hydrogens is 316 g/mol. The van der Waals surface area contributed by atoms with E-state index >= 15 is 0 Å². The number of ether oxygens (including phenoxy) is 1. The Morgan fingerprint density at radius 3 is 2.91 bits per heavy atom. The Balaban J connectivity index is 2.15. The monoisotopic (exact) mass is 332 g/mol. The molecule has 9 heteroatoms. The van der Waals surface area contributed by atoms with Crippen LogP contribution in [0.5, 0.6) is 5.75 Å². The standard InChI is InChI=1S/C14H16N6O2S/c1-19-14(16-17-18-19)23-10-13(21)20(9-5-8-15)11-6-3-4-7-12(11)22-2/h3-4,6-7H,5,9-10H2,1-2H3. The van der Waals surface area contributed by atoms with E-state index in [2.05, 4.69) is 21.6 Å². The van der Waals surface area contributed by atoms with Crippen molar-refractivity contribution < 1.29 is 9.53 Å². The number of aromatic nitrogens is 4. The summed E-state index contributed by atoms with van der Waals surface area (Å²) < 4.78 is 6.81. The summed E-state index contributed by atoms with van der Waals surface area (Å²) in [6, 6.07) is 9.29. The number of methoxy groups -OCH3 is 1. The second kappa shape index (κ2) is 8.14. The second-order valence-electron chi connectivity index (χ2n) is 4.50. The molecule has 0 saturated heterocycles. The van der Waals surface area contributed by atoms with Crippen LogP contribution in [0.1, 0.15) is 6.42 Å². The summed E-state index contributed by atoms with van der Waals surface area (Å²) in [5.41, 5.74) is 0.645. The van der Waals surface area contributed by atoms with Gasteiger partial charge in [-0.05, 0) is 22.6 Å². The molecule has 0 spiro atoms. The van der Waals surface area contributed by atoms with Gasteiger partial charge in [-0.25, -0.2) is 4.68 Å². The van der Waals surface area contributed by atoms with Crippen molar-refractivity contribution >= 4 is 23.4 Å². The molecule has 0 radical (unpaired) electrons. The van der Waals surface area contributed by atoms with E-state index in [4.69, 9.17) is 10.00 Å². The number of para-hydroxylation sites is 2. The third kappa shape index (κ3) is 4.20. The van der Waals surface area contributed by atoms with Crippen LogP contribution in [-0.4, -0.2) is 45.5 Å². The molecule has 0 saturated carbocycles. The lowest BCUT2D eigenvalue weighted by molar-refractivity contribution is -0.116. The van der Waals surface area contributed by atoms with Crippen LogP contribution < -0.4 is 9.64 Å². The molecule has 0 aliphatic heterocycles. The number of amides is 1. The number of tetrazole rings is 1. The predicted molar refractivity (Wildman–Crippen MR) is 85.1 cm³/mol. The van der Waals surface area contributed by atoms with Crippen molar-refractivity contribution in [3.05, 3.63) is 24.3 Å². The van der Waals surface area contributed by atoms with Gasteiger partial charge >= 0.3 is 0 Å². The highest BCUT2D eigenvalue weighted by Gasteiger charge is 2.20. The first kappa shape index (κ1) is 16.8. The third-order valence-electron chi connectivity index (χ3n) is 3.03. The van der Waals surface area contributed by atoms with Crippen molar-refractivity contribution in [3.8, 4) is 11.8 Å². The fraction of sp³-hybridized carbons (Fsp3) is 0.357. The maximum Gasteiger partial charge on any atom is 0.237 e. The molecule has 0 atom stereocenters. The van der Waals surface area contributed by atoms with Crippen LogP contribution in [0.4, 0.5) is 5.69 Å². The van der Waals surface area contributed by atoms with E-state index in [-0.39, 0.29) is 18.1 Å². The molecule has 0 aliphatic rings. The first-order valence-corrected chi connectivity index (χ1v) is 7.81. The Morgan fingerprint density at radius 1 is 1.48 bits per heavy atom. The number of hydrogen-bond acceptors (Lipinski definition) is 7.